The fourth-order valence-electron chi connectivity index (χ4n) is 2.01. The number of aliphatic hydroxyl groups is 1. The standard InChI is InChI=1S/C10H20N2O2/c1-7(2)12-4-8(5-12)14-10-9(13)6-11(10)3/h7-10,13H,4-6H2,1-3H3. The van der Waals surface area contributed by atoms with Crippen molar-refractivity contribution in [2.24, 2.45) is 0 Å². The molecule has 0 bridgehead atoms. The Kier molecular flexibility index (Phi) is 2.79. The Balaban J connectivity index is 1.69. The molecule has 0 aromatic heterocycles. The monoisotopic (exact) mass is 200 g/mol. The molecule has 2 aliphatic heterocycles. The number of hydrogen-bond donors (Lipinski definition) is 1. The Morgan fingerprint density at radius 2 is 1.93 bits per heavy atom. The Hall–Kier alpha value is -0.160. The first-order valence-corrected chi connectivity index (χ1v) is 5.35. The lowest BCUT2D eigenvalue weighted by Crippen LogP contribution is -2.64. The van der Waals surface area contributed by atoms with E-state index in [0.29, 0.717) is 12.1 Å². The van der Waals surface area contributed by atoms with E-state index in [4.69, 9.17) is 4.74 Å². The van der Waals surface area contributed by atoms with Gasteiger partial charge in [-0.2, -0.15) is 0 Å². The van der Waals surface area contributed by atoms with Crippen LogP contribution < -0.4 is 0 Å². The lowest BCUT2D eigenvalue weighted by molar-refractivity contribution is -0.233. The average Bonchev–Trinajstić information content (AvgIpc) is 2.00. The molecule has 0 aliphatic carbocycles. The molecule has 2 aliphatic rings. The first-order chi connectivity index (χ1) is 6.58. The fraction of sp³-hybridized carbons (Fsp3) is 1.00. The number of likely N-dealkylation sites (tertiary alicyclic amines) is 2. The van der Waals surface area contributed by atoms with Gasteiger partial charge in [0, 0.05) is 25.7 Å². The van der Waals surface area contributed by atoms with Gasteiger partial charge in [0.25, 0.3) is 0 Å². The van der Waals surface area contributed by atoms with Crippen molar-refractivity contribution in [3.05, 3.63) is 0 Å². The summed E-state index contributed by atoms with van der Waals surface area (Å²) in [6, 6.07) is 0.610. The van der Waals surface area contributed by atoms with Gasteiger partial charge in [0.1, 0.15) is 12.3 Å². The number of ether oxygens (including phenoxy) is 1. The molecule has 82 valence electrons. The van der Waals surface area contributed by atoms with Gasteiger partial charge < -0.3 is 9.84 Å². The molecule has 0 radical (unpaired) electrons. The summed E-state index contributed by atoms with van der Waals surface area (Å²) in [4.78, 5) is 4.42. The number of β-amino-alcohol motifs (C(OH)–C–C–N with tert-alkyl or cyclic N) is 1. The van der Waals surface area contributed by atoms with Crippen molar-refractivity contribution >= 4 is 0 Å². The molecule has 0 amide bonds. The van der Waals surface area contributed by atoms with Crippen LogP contribution >= 0.6 is 0 Å². The molecule has 2 unspecified atom stereocenters. The predicted molar refractivity (Wildman–Crippen MR) is 54.0 cm³/mol. The summed E-state index contributed by atoms with van der Waals surface area (Å²) in [5, 5.41) is 9.44. The molecular weight excluding hydrogens is 180 g/mol. The summed E-state index contributed by atoms with van der Waals surface area (Å²) in [6.07, 6.45) is -0.0257. The van der Waals surface area contributed by atoms with E-state index in [9.17, 15) is 5.11 Å². The predicted octanol–water partition coefficient (Wildman–Crippen LogP) is -0.272. The van der Waals surface area contributed by atoms with E-state index in [0.717, 1.165) is 19.6 Å². The third-order valence-corrected chi connectivity index (χ3v) is 3.18. The first kappa shape index (κ1) is 10.4. The Labute approximate surface area is 85.4 Å². The molecule has 14 heavy (non-hydrogen) atoms. The SMILES string of the molecule is CC(C)N1CC(OC2C(O)CN2C)C1. The zero-order valence-electron chi connectivity index (χ0n) is 9.18. The quantitative estimate of drug-likeness (QED) is 0.680. The summed E-state index contributed by atoms with van der Waals surface area (Å²) in [7, 11) is 1.98. The van der Waals surface area contributed by atoms with Crippen LogP contribution in [0.5, 0.6) is 0 Å². The third kappa shape index (κ3) is 1.80. The minimum atomic E-state index is -0.284. The van der Waals surface area contributed by atoms with Crippen LogP contribution in [0.2, 0.25) is 0 Å². The Morgan fingerprint density at radius 1 is 1.29 bits per heavy atom. The molecule has 4 heteroatoms. The van der Waals surface area contributed by atoms with Crippen LogP contribution in [-0.4, -0.2) is 66.1 Å². The van der Waals surface area contributed by atoms with Crippen LogP contribution in [0.4, 0.5) is 0 Å². The van der Waals surface area contributed by atoms with Gasteiger partial charge in [-0.1, -0.05) is 0 Å². The van der Waals surface area contributed by atoms with E-state index in [1.807, 2.05) is 11.9 Å². The van der Waals surface area contributed by atoms with Gasteiger partial charge in [-0.25, -0.2) is 0 Å². The summed E-state index contributed by atoms with van der Waals surface area (Å²) in [5.74, 6) is 0. The van der Waals surface area contributed by atoms with Crippen LogP contribution in [0.25, 0.3) is 0 Å². The Bertz CT molecular complexity index is 196. The van der Waals surface area contributed by atoms with Gasteiger partial charge in [-0.3, -0.25) is 9.80 Å². The number of hydrogen-bond acceptors (Lipinski definition) is 4. The lowest BCUT2D eigenvalue weighted by Gasteiger charge is -2.49. The summed E-state index contributed by atoms with van der Waals surface area (Å²) < 4.78 is 5.76. The summed E-state index contributed by atoms with van der Waals surface area (Å²) in [5.41, 5.74) is 0. The van der Waals surface area contributed by atoms with E-state index >= 15 is 0 Å². The molecule has 2 heterocycles. The molecule has 4 nitrogen and oxygen atoms in total. The number of likely N-dealkylation sites (N-methyl/N-ethyl adjacent to an activating group) is 1. The van der Waals surface area contributed by atoms with Crippen molar-refractivity contribution in [3.8, 4) is 0 Å². The van der Waals surface area contributed by atoms with E-state index in [1.54, 1.807) is 0 Å². The second kappa shape index (κ2) is 3.77. The molecule has 0 aromatic carbocycles. The molecule has 0 aromatic rings. The number of nitrogens with zero attached hydrogens (tertiary/aromatic N) is 2. The average molecular weight is 200 g/mol. The zero-order valence-corrected chi connectivity index (χ0v) is 9.18. The molecule has 2 fully saturated rings. The molecule has 2 atom stereocenters. The maximum atomic E-state index is 9.44. The molecule has 2 rings (SSSR count). The highest BCUT2D eigenvalue weighted by molar-refractivity contribution is 4.88. The van der Waals surface area contributed by atoms with Gasteiger partial charge in [0.15, 0.2) is 0 Å². The number of rotatable bonds is 3. The van der Waals surface area contributed by atoms with Crippen molar-refractivity contribution in [2.45, 2.75) is 38.3 Å². The fourth-order valence-corrected chi connectivity index (χ4v) is 2.01. The molecule has 1 N–H and O–H groups in total. The summed E-state index contributed by atoms with van der Waals surface area (Å²) >= 11 is 0. The van der Waals surface area contributed by atoms with Gasteiger partial charge in [-0.15, -0.1) is 0 Å². The van der Waals surface area contributed by atoms with Crippen molar-refractivity contribution in [3.63, 3.8) is 0 Å². The van der Waals surface area contributed by atoms with Crippen molar-refractivity contribution in [1.82, 2.24) is 9.80 Å². The zero-order chi connectivity index (χ0) is 10.3. The minimum absolute atomic E-state index is 0.0608. The van der Waals surface area contributed by atoms with Gasteiger partial charge in [-0.05, 0) is 20.9 Å². The smallest absolute Gasteiger partial charge is 0.138 e. The van der Waals surface area contributed by atoms with Crippen molar-refractivity contribution in [2.75, 3.05) is 26.7 Å². The van der Waals surface area contributed by atoms with Gasteiger partial charge in [0.05, 0.1) is 6.10 Å². The van der Waals surface area contributed by atoms with Crippen LogP contribution in [0, 0.1) is 0 Å². The molecule has 0 saturated carbocycles. The van der Waals surface area contributed by atoms with E-state index in [-0.39, 0.29) is 12.3 Å². The van der Waals surface area contributed by atoms with E-state index < -0.39 is 0 Å². The number of aliphatic hydroxyl groups excluding tert-OH is 1. The second-order valence-electron chi connectivity index (χ2n) is 4.70. The largest absolute Gasteiger partial charge is 0.388 e. The molecular formula is C10H20N2O2. The van der Waals surface area contributed by atoms with E-state index in [2.05, 4.69) is 18.7 Å². The first-order valence-electron chi connectivity index (χ1n) is 5.35. The van der Waals surface area contributed by atoms with Crippen molar-refractivity contribution in [1.29, 1.82) is 0 Å². The maximum absolute atomic E-state index is 9.44. The third-order valence-electron chi connectivity index (χ3n) is 3.18. The van der Waals surface area contributed by atoms with E-state index in [1.165, 1.54) is 0 Å². The second-order valence-corrected chi connectivity index (χ2v) is 4.70. The van der Waals surface area contributed by atoms with Gasteiger partial charge in [0.2, 0.25) is 0 Å². The van der Waals surface area contributed by atoms with Crippen LogP contribution in [0.15, 0.2) is 0 Å². The topological polar surface area (TPSA) is 35.9 Å². The van der Waals surface area contributed by atoms with Crippen LogP contribution in [0.3, 0.4) is 0 Å². The Morgan fingerprint density at radius 3 is 2.36 bits per heavy atom. The lowest BCUT2D eigenvalue weighted by atomic mass is 10.1. The highest BCUT2D eigenvalue weighted by Crippen LogP contribution is 2.23. The maximum Gasteiger partial charge on any atom is 0.138 e. The van der Waals surface area contributed by atoms with Crippen LogP contribution in [0.1, 0.15) is 13.8 Å². The normalized spacial score (nSPS) is 35.8. The highest BCUT2D eigenvalue weighted by atomic mass is 16.5. The highest BCUT2D eigenvalue weighted by Gasteiger charge is 2.40. The van der Waals surface area contributed by atoms with Crippen molar-refractivity contribution < 1.29 is 9.84 Å². The minimum Gasteiger partial charge on any atom is -0.388 e. The molecule has 2 saturated heterocycles. The molecule has 0 spiro atoms. The van der Waals surface area contributed by atoms with Gasteiger partial charge >= 0.3 is 0 Å². The van der Waals surface area contributed by atoms with Crippen LogP contribution in [-0.2, 0) is 4.74 Å². The summed E-state index contributed by atoms with van der Waals surface area (Å²) in [6.45, 7) is 7.15.